The van der Waals surface area contributed by atoms with Gasteiger partial charge in [0.1, 0.15) is 0 Å². The smallest absolute Gasteiger partial charge is 0.0183 e. The Morgan fingerprint density at radius 3 is 2.07 bits per heavy atom. The first-order chi connectivity index (χ1) is 7.15. The zero-order valence-corrected chi connectivity index (χ0v) is 15.3. The molecule has 1 aromatic rings. The Kier molecular flexibility index (Phi) is 7.41. The minimum Gasteiger partial charge on any atom is -0.0654 e. The summed E-state index contributed by atoms with van der Waals surface area (Å²) in [4.78, 5) is 0. The topological polar surface area (TPSA) is 0 Å². The third-order valence-corrected chi connectivity index (χ3v) is 4.93. The van der Waals surface area contributed by atoms with Gasteiger partial charge < -0.3 is 0 Å². The highest BCUT2D eigenvalue weighted by Gasteiger charge is 2.05. The molecule has 1 aromatic carbocycles. The van der Waals surface area contributed by atoms with Crippen LogP contribution in [0.15, 0.2) is 12.1 Å². The standard InChI is InChI=1S/C12H15I3/c1-2-3-4-5-6-10-11(14)7-9(13)8-12(10)15/h7-8H,2-6H2,1H3. The van der Waals surface area contributed by atoms with Crippen LogP contribution < -0.4 is 0 Å². The predicted molar refractivity (Wildman–Crippen MR) is 92.4 cm³/mol. The van der Waals surface area contributed by atoms with Gasteiger partial charge in [0.25, 0.3) is 0 Å². The molecular formula is C12H15I3. The maximum Gasteiger partial charge on any atom is 0.0183 e. The molecule has 0 bridgehead atoms. The Balaban J connectivity index is 2.60. The van der Waals surface area contributed by atoms with E-state index in [1.807, 2.05) is 0 Å². The van der Waals surface area contributed by atoms with Gasteiger partial charge in [-0.15, -0.1) is 0 Å². The van der Waals surface area contributed by atoms with Crippen molar-refractivity contribution in [1.82, 2.24) is 0 Å². The first-order valence-corrected chi connectivity index (χ1v) is 8.52. The van der Waals surface area contributed by atoms with Crippen LogP contribution in [-0.2, 0) is 6.42 Å². The maximum absolute atomic E-state index is 2.46. The van der Waals surface area contributed by atoms with E-state index in [-0.39, 0.29) is 0 Å². The molecule has 0 N–H and O–H groups in total. The second-order valence-corrected chi connectivity index (χ2v) is 7.23. The number of unbranched alkanes of at least 4 members (excludes halogenated alkanes) is 3. The fraction of sp³-hybridized carbons (Fsp3) is 0.500. The quantitative estimate of drug-likeness (QED) is 0.336. The molecule has 0 saturated heterocycles. The molecule has 0 spiro atoms. The van der Waals surface area contributed by atoms with E-state index in [9.17, 15) is 0 Å². The first-order valence-electron chi connectivity index (χ1n) is 5.28. The van der Waals surface area contributed by atoms with Crippen LogP contribution in [0.5, 0.6) is 0 Å². The van der Waals surface area contributed by atoms with Crippen molar-refractivity contribution < 1.29 is 0 Å². The summed E-state index contributed by atoms with van der Waals surface area (Å²) < 4.78 is 4.21. The van der Waals surface area contributed by atoms with Gasteiger partial charge in [-0.3, -0.25) is 0 Å². The number of benzene rings is 1. The highest BCUT2D eigenvalue weighted by molar-refractivity contribution is 14.1. The summed E-state index contributed by atoms with van der Waals surface area (Å²) >= 11 is 7.32. The molecule has 0 atom stereocenters. The Labute approximate surface area is 133 Å². The van der Waals surface area contributed by atoms with Gasteiger partial charge in [-0.05, 0) is 98.3 Å². The van der Waals surface area contributed by atoms with Crippen LogP contribution in [0.4, 0.5) is 0 Å². The van der Waals surface area contributed by atoms with Crippen molar-refractivity contribution >= 4 is 67.8 Å². The van der Waals surface area contributed by atoms with E-state index >= 15 is 0 Å². The fourth-order valence-electron chi connectivity index (χ4n) is 1.54. The number of halogens is 3. The molecule has 0 fully saturated rings. The van der Waals surface area contributed by atoms with E-state index < -0.39 is 0 Å². The zero-order valence-electron chi connectivity index (χ0n) is 8.82. The molecule has 84 valence electrons. The molecule has 0 nitrogen and oxygen atoms in total. The van der Waals surface area contributed by atoms with Crippen LogP contribution in [0, 0.1) is 10.7 Å². The van der Waals surface area contributed by atoms with Gasteiger partial charge in [0, 0.05) is 10.7 Å². The molecule has 0 aromatic heterocycles. The van der Waals surface area contributed by atoms with Gasteiger partial charge >= 0.3 is 0 Å². The first kappa shape index (κ1) is 14.5. The maximum atomic E-state index is 2.46. The third-order valence-electron chi connectivity index (χ3n) is 2.39. The summed E-state index contributed by atoms with van der Waals surface area (Å²) in [5, 5.41) is 0. The van der Waals surface area contributed by atoms with E-state index in [0.717, 1.165) is 0 Å². The van der Waals surface area contributed by atoms with Crippen LogP contribution in [0.3, 0.4) is 0 Å². The van der Waals surface area contributed by atoms with E-state index in [1.54, 1.807) is 5.56 Å². The lowest BCUT2D eigenvalue weighted by Crippen LogP contribution is -1.95. The highest BCUT2D eigenvalue weighted by atomic mass is 127. The van der Waals surface area contributed by atoms with Crippen LogP contribution in [0.25, 0.3) is 0 Å². The lowest BCUT2D eigenvalue weighted by atomic mass is 10.1. The van der Waals surface area contributed by atoms with Gasteiger partial charge in [-0.1, -0.05) is 26.2 Å². The molecule has 0 amide bonds. The van der Waals surface area contributed by atoms with Crippen LogP contribution in [0.2, 0.25) is 0 Å². The summed E-state index contributed by atoms with van der Waals surface area (Å²) in [5.74, 6) is 0. The summed E-state index contributed by atoms with van der Waals surface area (Å²) in [5.41, 5.74) is 1.55. The normalized spacial score (nSPS) is 10.7. The molecule has 0 aliphatic rings. The number of hydrogen-bond acceptors (Lipinski definition) is 0. The molecule has 0 unspecified atom stereocenters. The van der Waals surface area contributed by atoms with Crippen LogP contribution in [-0.4, -0.2) is 0 Å². The SMILES string of the molecule is CCCCCCc1c(I)cc(I)cc1I. The minimum absolute atomic E-state index is 1.24. The summed E-state index contributed by atoms with van der Waals surface area (Å²) in [7, 11) is 0. The Bertz CT molecular complexity index is 298. The van der Waals surface area contributed by atoms with Crippen LogP contribution >= 0.6 is 67.8 Å². The fourth-order valence-corrected chi connectivity index (χ4v) is 5.66. The van der Waals surface area contributed by atoms with Crippen molar-refractivity contribution in [3.63, 3.8) is 0 Å². The summed E-state index contributed by atoms with van der Waals surface area (Å²) in [6.07, 6.45) is 6.64. The van der Waals surface area contributed by atoms with E-state index in [0.29, 0.717) is 0 Å². The molecule has 0 heterocycles. The van der Waals surface area contributed by atoms with Crippen LogP contribution in [0.1, 0.15) is 38.2 Å². The van der Waals surface area contributed by atoms with Crippen molar-refractivity contribution in [1.29, 1.82) is 0 Å². The van der Waals surface area contributed by atoms with Crippen molar-refractivity contribution in [3.8, 4) is 0 Å². The average molecular weight is 540 g/mol. The monoisotopic (exact) mass is 540 g/mol. The average Bonchev–Trinajstić information content (AvgIpc) is 2.15. The van der Waals surface area contributed by atoms with Crippen molar-refractivity contribution in [2.45, 2.75) is 39.0 Å². The Morgan fingerprint density at radius 1 is 0.933 bits per heavy atom. The van der Waals surface area contributed by atoms with Crippen molar-refractivity contribution in [2.75, 3.05) is 0 Å². The highest BCUT2D eigenvalue weighted by Crippen LogP contribution is 2.24. The number of rotatable bonds is 5. The van der Waals surface area contributed by atoms with E-state index in [4.69, 9.17) is 0 Å². The lowest BCUT2D eigenvalue weighted by Gasteiger charge is -2.08. The van der Waals surface area contributed by atoms with Gasteiger partial charge in [-0.25, -0.2) is 0 Å². The third kappa shape index (κ3) is 5.06. The van der Waals surface area contributed by atoms with Gasteiger partial charge in [-0.2, -0.15) is 0 Å². The van der Waals surface area contributed by atoms with Gasteiger partial charge in [0.05, 0.1) is 0 Å². The molecule has 0 saturated carbocycles. The molecule has 0 aliphatic carbocycles. The largest absolute Gasteiger partial charge is 0.0654 e. The summed E-state index contributed by atoms with van der Waals surface area (Å²) in [6, 6.07) is 4.55. The molecule has 3 heteroatoms. The second-order valence-electron chi connectivity index (χ2n) is 3.66. The molecule has 15 heavy (non-hydrogen) atoms. The van der Waals surface area contributed by atoms with Crippen molar-refractivity contribution in [2.24, 2.45) is 0 Å². The molecule has 0 aliphatic heterocycles. The van der Waals surface area contributed by atoms with Crippen molar-refractivity contribution in [3.05, 3.63) is 28.4 Å². The lowest BCUT2D eigenvalue weighted by molar-refractivity contribution is 0.665. The number of hydrogen-bond donors (Lipinski definition) is 0. The Morgan fingerprint density at radius 2 is 1.53 bits per heavy atom. The van der Waals surface area contributed by atoms with Gasteiger partial charge in [0.2, 0.25) is 0 Å². The molecule has 1 rings (SSSR count). The van der Waals surface area contributed by atoms with E-state index in [1.165, 1.54) is 42.8 Å². The second kappa shape index (κ2) is 7.68. The summed E-state index contributed by atoms with van der Waals surface area (Å²) in [6.45, 7) is 2.26. The van der Waals surface area contributed by atoms with E-state index in [2.05, 4.69) is 86.8 Å². The Hall–Kier alpha value is 1.41. The molecular weight excluding hydrogens is 525 g/mol. The minimum atomic E-state index is 1.24. The zero-order chi connectivity index (χ0) is 11.3. The predicted octanol–water partition coefficient (Wildman–Crippen LogP) is 5.62. The van der Waals surface area contributed by atoms with Gasteiger partial charge in [0.15, 0.2) is 0 Å². The molecule has 0 radical (unpaired) electrons.